The molecule has 0 aliphatic rings. The van der Waals surface area contributed by atoms with Gasteiger partial charge in [0.15, 0.2) is 0 Å². The fraction of sp³-hybridized carbons (Fsp3) is 0.462. The highest BCUT2D eigenvalue weighted by molar-refractivity contribution is 7.11. The lowest BCUT2D eigenvalue weighted by Crippen LogP contribution is -2.16. The SMILES string of the molecule is Cc1cc(C(N)Cc2nc(C)c(C)s2)c(C)nn1. The van der Waals surface area contributed by atoms with Gasteiger partial charge in [-0.2, -0.15) is 10.2 Å². The van der Waals surface area contributed by atoms with Crippen LogP contribution in [0.1, 0.15) is 38.6 Å². The van der Waals surface area contributed by atoms with Gasteiger partial charge < -0.3 is 5.73 Å². The standard InChI is InChI=1S/C13H18N4S/c1-7-5-11(9(3)17-16-7)12(14)6-13-15-8(2)10(4)18-13/h5,12H,6,14H2,1-4H3. The van der Waals surface area contributed by atoms with Gasteiger partial charge in [-0.3, -0.25) is 0 Å². The predicted octanol–water partition coefficient (Wildman–Crippen LogP) is 2.41. The average Bonchev–Trinajstić information content (AvgIpc) is 2.61. The first-order valence-corrected chi connectivity index (χ1v) is 6.78. The predicted molar refractivity (Wildman–Crippen MR) is 73.7 cm³/mol. The Morgan fingerprint density at radius 2 is 1.89 bits per heavy atom. The van der Waals surface area contributed by atoms with Gasteiger partial charge in [-0.05, 0) is 39.3 Å². The summed E-state index contributed by atoms with van der Waals surface area (Å²) < 4.78 is 0. The van der Waals surface area contributed by atoms with Gasteiger partial charge in [0.1, 0.15) is 0 Å². The van der Waals surface area contributed by atoms with Gasteiger partial charge in [0, 0.05) is 17.3 Å². The van der Waals surface area contributed by atoms with Crippen LogP contribution in [0.5, 0.6) is 0 Å². The Labute approximate surface area is 111 Å². The van der Waals surface area contributed by atoms with Crippen LogP contribution in [0.2, 0.25) is 0 Å². The normalized spacial score (nSPS) is 12.7. The highest BCUT2D eigenvalue weighted by atomic mass is 32.1. The molecule has 96 valence electrons. The van der Waals surface area contributed by atoms with E-state index in [-0.39, 0.29) is 6.04 Å². The van der Waals surface area contributed by atoms with Crippen LogP contribution >= 0.6 is 11.3 Å². The van der Waals surface area contributed by atoms with Crippen LogP contribution < -0.4 is 5.73 Å². The van der Waals surface area contributed by atoms with Gasteiger partial charge in [0.25, 0.3) is 0 Å². The van der Waals surface area contributed by atoms with Crippen molar-refractivity contribution in [3.63, 3.8) is 0 Å². The molecule has 0 aliphatic heterocycles. The second-order valence-corrected chi connectivity index (χ2v) is 5.87. The average molecular weight is 262 g/mol. The Hall–Kier alpha value is -1.33. The van der Waals surface area contributed by atoms with Crippen molar-refractivity contribution >= 4 is 11.3 Å². The Morgan fingerprint density at radius 1 is 1.17 bits per heavy atom. The fourth-order valence-electron chi connectivity index (χ4n) is 1.87. The van der Waals surface area contributed by atoms with Gasteiger partial charge >= 0.3 is 0 Å². The zero-order valence-electron chi connectivity index (χ0n) is 11.2. The molecule has 2 N–H and O–H groups in total. The number of thiazole rings is 1. The lowest BCUT2D eigenvalue weighted by atomic mass is 10.0. The van der Waals surface area contributed by atoms with Crippen LogP contribution in [-0.2, 0) is 6.42 Å². The summed E-state index contributed by atoms with van der Waals surface area (Å²) in [6.07, 6.45) is 0.755. The molecule has 2 aromatic rings. The number of rotatable bonds is 3. The van der Waals surface area contributed by atoms with E-state index in [0.29, 0.717) is 0 Å². The van der Waals surface area contributed by atoms with E-state index >= 15 is 0 Å². The molecular formula is C13H18N4S. The summed E-state index contributed by atoms with van der Waals surface area (Å²) >= 11 is 1.72. The van der Waals surface area contributed by atoms with E-state index < -0.39 is 0 Å². The largest absolute Gasteiger partial charge is 0.324 e. The van der Waals surface area contributed by atoms with Crippen LogP contribution in [0, 0.1) is 27.7 Å². The molecule has 2 heterocycles. The summed E-state index contributed by atoms with van der Waals surface area (Å²) in [6, 6.07) is 1.95. The fourth-order valence-corrected chi connectivity index (χ4v) is 2.86. The maximum absolute atomic E-state index is 6.25. The molecule has 0 saturated heterocycles. The Kier molecular flexibility index (Phi) is 3.73. The second-order valence-electron chi connectivity index (χ2n) is 4.59. The molecule has 5 heteroatoms. The molecule has 0 radical (unpaired) electrons. The molecule has 0 bridgehead atoms. The summed E-state index contributed by atoms with van der Waals surface area (Å²) in [4.78, 5) is 5.79. The molecule has 0 aliphatic carbocycles. The zero-order valence-corrected chi connectivity index (χ0v) is 12.0. The summed E-state index contributed by atoms with van der Waals surface area (Å²) in [5, 5.41) is 9.23. The Balaban J connectivity index is 2.21. The van der Waals surface area contributed by atoms with E-state index in [9.17, 15) is 0 Å². The van der Waals surface area contributed by atoms with E-state index in [0.717, 1.165) is 34.1 Å². The molecule has 18 heavy (non-hydrogen) atoms. The molecule has 0 aromatic carbocycles. The lowest BCUT2D eigenvalue weighted by Gasteiger charge is -2.12. The maximum Gasteiger partial charge on any atom is 0.0949 e. The van der Waals surface area contributed by atoms with Crippen LogP contribution in [-0.4, -0.2) is 15.2 Å². The molecule has 0 spiro atoms. The molecule has 4 nitrogen and oxygen atoms in total. The molecule has 2 rings (SSSR count). The van der Waals surface area contributed by atoms with Gasteiger partial charge in [0.05, 0.1) is 22.1 Å². The van der Waals surface area contributed by atoms with Crippen molar-refractivity contribution in [2.24, 2.45) is 5.73 Å². The number of nitrogens with zero attached hydrogens (tertiary/aromatic N) is 3. The van der Waals surface area contributed by atoms with Gasteiger partial charge in [0.2, 0.25) is 0 Å². The first kappa shape index (κ1) is 13.1. The van der Waals surface area contributed by atoms with Crippen molar-refractivity contribution in [2.75, 3.05) is 0 Å². The minimum Gasteiger partial charge on any atom is -0.324 e. The van der Waals surface area contributed by atoms with E-state index in [4.69, 9.17) is 5.73 Å². The molecule has 2 aromatic heterocycles. The summed E-state index contributed by atoms with van der Waals surface area (Å²) in [6.45, 7) is 8.00. The third kappa shape index (κ3) is 2.73. The molecule has 0 saturated carbocycles. The number of aromatic nitrogens is 3. The number of hydrogen-bond acceptors (Lipinski definition) is 5. The minimum absolute atomic E-state index is 0.0656. The highest BCUT2D eigenvalue weighted by Gasteiger charge is 2.14. The van der Waals surface area contributed by atoms with Crippen LogP contribution in [0.3, 0.4) is 0 Å². The van der Waals surface area contributed by atoms with Gasteiger partial charge in [-0.25, -0.2) is 4.98 Å². The number of hydrogen-bond donors (Lipinski definition) is 1. The zero-order chi connectivity index (χ0) is 13.3. The van der Waals surface area contributed by atoms with Crippen molar-refractivity contribution < 1.29 is 0 Å². The lowest BCUT2D eigenvalue weighted by molar-refractivity contribution is 0.696. The van der Waals surface area contributed by atoms with Crippen molar-refractivity contribution in [1.29, 1.82) is 0 Å². The van der Waals surface area contributed by atoms with Crippen molar-refractivity contribution in [3.8, 4) is 0 Å². The monoisotopic (exact) mass is 262 g/mol. The molecule has 0 fully saturated rings. The quantitative estimate of drug-likeness (QED) is 0.922. The van der Waals surface area contributed by atoms with Crippen LogP contribution in [0.25, 0.3) is 0 Å². The van der Waals surface area contributed by atoms with Crippen LogP contribution in [0.15, 0.2) is 6.07 Å². The minimum atomic E-state index is -0.0656. The maximum atomic E-state index is 6.25. The van der Waals surface area contributed by atoms with E-state index in [1.807, 2.05) is 26.8 Å². The van der Waals surface area contributed by atoms with Crippen molar-refractivity contribution in [2.45, 2.75) is 40.2 Å². The molecule has 1 atom stereocenters. The smallest absolute Gasteiger partial charge is 0.0949 e. The van der Waals surface area contributed by atoms with Gasteiger partial charge in [-0.1, -0.05) is 0 Å². The molecule has 0 amide bonds. The first-order chi connectivity index (χ1) is 8.47. The van der Waals surface area contributed by atoms with Crippen LogP contribution in [0.4, 0.5) is 0 Å². The van der Waals surface area contributed by atoms with E-state index in [1.165, 1.54) is 4.88 Å². The Morgan fingerprint density at radius 3 is 2.50 bits per heavy atom. The summed E-state index contributed by atoms with van der Waals surface area (Å²) in [5.41, 5.74) is 10.2. The topological polar surface area (TPSA) is 64.7 Å². The molecule has 1 unspecified atom stereocenters. The third-order valence-corrected chi connectivity index (χ3v) is 4.10. The second kappa shape index (κ2) is 5.12. The van der Waals surface area contributed by atoms with Gasteiger partial charge in [-0.15, -0.1) is 11.3 Å². The first-order valence-electron chi connectivity index (χ1n) is 5.96. The Bertz CT molecular complexity index is 543. The van der Waals surface area contributed by atoms with Crippen molar-refractivity contribution in [1.82, 2.24) is 15.2 Å². The summed E-state index contributed by atoms with van der Waals surface area (Å²) in [5.74, 6) is 0. The molecular weight excluding hydrogens is 244 g/mol. The van der Waals surface area contributed by atoms with Crippen molar-refractivity contribution in [3.05, 3.63) is 38.6 Å². The summed E-state index contributed by atoms with van der Waals surface area (Å²) in [7, 11) is 0. The van der Waals surface area contributed by atoms with E-state index in [1.54, 1.807) is 11.3 Å². The number of aryl methyl sites for hydroxylation is 4. The number of nitrogens with two attached hydrogens (primary N) is 1. The highest BCUT2D eigenvalue weighted by Crippen LogP contribution is 2.23. The van der Waals surface area contributed by atoms with E-state index in [2.05, 4.69) is 22.1 Å². The third-order valence-electron chi connectivity index (χ3n) is 3.01.